The van der Waals surface area contributed by atoms with Crippen LogP contribution in [0.2, 0.25) is 0 Å². The molecule has 0 aromatic heterocycles. The normalized spacial score (nSPS) is 10.7. The zero-order valence-corrected chi connectivity index (χ0v) is 11.2. The van der Waals surface area contributed by atoms with Gasteiger partial charge in [0.15, 0.2) is 9.84 Å². The van der Waals surface area contributed by atoms with Gasteiger partial charge in [0.25, 0.3) is 0 Å². The maximum absolute atomic E-state index is 11.3. The van der Waals surface area contributed by atoms with Crippen molar-refractivity contribution in [1.82, 2.24) is 0 Å². The van der Waals surface area contributed by atoms with Crippen molar-refractivity contribution in [2.24, 2.45) is 0 Å². The van der Waals surface area contributed by atoms with Crippen LogP contribution < -0.4 is 0 Å². The van der Waals surface area contributed by atoms with E-state index in [0.29, 0.717) is 4.90 Å². The molecule has 1 aromatic rings. The molecule has 0 aliphatic heterocycles. The maximum atomic E-state index is 11.3. The molecule has 0 spiro atoms. The van der Waals surface area contributed by atoms with Crippen molar-refractivity contribution in [2.45, 2.75) is 37.5 Å². The third-order valence-corrected chi connectivity index (χ3v) is 3.52. The SMILES string of the molecule is CCCC#CCCc1ccc(S(C)(=O)=O)cc1. The molecular formula is C14H18O2S. The number of unbranched alkanes of at least 4 members (excludes halogenated alkanes) is 1. The lowest BCUT2D eigenvalue weighted by Crippen LogP contribution is -1.96. The molecule has 0 heterocycles. The predicted octanol–water partition coefficient (Wildman–Crippen LogP) is 2.83. The van der Waals surface area contributed by atoms with E-state index in [2.05, 4.69) is 18.8 Å². The molecule has 0 amide bonds. The average molecular weight is 250 g/mol. The van der Waals surface area contributed by atoms with Gasteiger partial charge in [-0.3, -0.25) is 0 Å². The Kier molecular flexibility index (Phi) is 5.24. The van der Waals surface area contributed by atoms with Crippen LogP contribution in [0.3, 0.4) is 0 Å². The summed E-state index contributed by atoms with van der Waals surface area (Å²) in [7, 11) is -3.08. The van der Waals surface area contributed by atoms with E-state index in [0.717, 1.165) is 31.2 Å². The van der Waals surface area contributed by atoms with Crippen molar-refractivity contribution in [3.8, 4) is 11.8 Å². The van der Waals surface area contributed by atoms with E-state index in [9.17, 15) is 8.42 Å². The van der Waals surface area contributed by atoms with E-state index in [4.69, 9.17) is 0 Å². The van der Waals surface area contributed by atoms with Crippen LogP contribution in [-0.2, 0) is 16.3 Å². The molecule has 0 aliphatic carbocycles. The Labute approximate surface area is 104 Å². The summed E-state index contributed by atoms with van der Waals surface area (Å²) in [6, 6.07) is 7.03. The van der Waals surface area contributed by atoms with Crippen molar-refractivity contribution in [3.05, 3.63) is 29.8 Å². The van der Waals surface area contributed by atoms with E-state index in [1.165, 1.54) is 6.26 Å². The van der Waals surface area contributed by atoms with Gasteiger partial charge in [-0.1, -0.05) is 19.1 Å². The summed E-state index contributed by atoms with van der Waals surface area (Å²) in [6.07, 6.45) is 4.97. The lowest BCUT2D eigenvalue weighted by Gasteiger charge is -2.00. The van der Waals surface area contributed by atoms with Gasteiger partial charge in [-0.15, -0.1) is 11.8 Å². The number of hydrogen-bond donors (Lipinski definition) is 0. The van der Waals surface area contributed by atoms with Gasteiger partial charge in [0.2, 0.25) is 0 Å². The molecule has 17 heavy (non-hydrogen) atoms. The van der Waals surface area contributed by atoms with E-state index >= 15 is 0 Å². The Balaban J connectivity index is 2.56. The number of aryl methyl sites for hydroxylation is 1. The van der Waals surface area contributed by atoms with Gasteiger partial charge in [0.05, 0.1) is 4.90 Å². The first-order chi connectivity index (χ1) is 8.04. The predicted molar refractivity (Wildman–Crippen MR) is 70.6 cm³/mol. The Morgan fingerprint density at radius 1 is 1.06 bits per heavy atom. The van der Waals surface area contributed by atoms with Crippen LogP contribution in [0.1, 0.15) is 31.7 Å². The minimum atomic E-state index is -3.08. The maximum Gasteiger partial charge on any atom is 0.175 e. The standard InChI is InChI=1S/C14H18O2S/c1-3-4-5-6-7-8-13-9-11-14(12-10-13)17(2,15)16/h9-12H,3-4,7-8H2,1-2H3. The molecule has 0 aliphatic rings. The van der Waals surface area contributed by atoms with Gasteiger partial charge >= 0.3 is 0 Å². The zero-order chi connectivity index (χ0) is 12.7. The van der Waals surface area contributed by atoms with Gasteiger partial charge < -0.3 is 0 Å². The second kappa shape index (κ2) is 6.46. The largest absolute Gasteiger partial charge is 0.224 e. The summed E-state index contributed by atoms with van der Waals surface area (Å²) in [6.45, 7) is 2.11. The number of benzene rings is 1. The molecule has 0 radical (unpaired) electrons. The molecule has 0 fully saturated rings. The number of hydrogen-bond acceptors (Lipinski definition) is 2. The fraction of sp³-hybridized carbons (Fsp3) is 0.429. The number of sulfone groups is 1. The second-order valence-corrected chi connectivity index (χ2v) is 6.04. The minimum Gasteiger partial charge on any atom is -0.224 e. The first-order valence-corrected chi connectivity index (χ1v) is 7.68. The highest BCUT2D eigenvalue weighted by Crippen LogP contribution is 2.11. The lowest BCUT2D eigenvalue weighted by atomic mass is 10.1. The molecule has 0 atom stereocenters. The van der Waals surface area contributed by atoms with Crippen molar-refractivity contribution < 1.29 is 8.42 Å². The molecule has 0 unspecified atom stereocenters. The van der Waals surface area contributed by atoms with Crippen LogP contribution in [-0.4, -0.2) is 14.7 Å². The van der Waals surface area contributed by atoms with E-state index in [1.807, 2.05) is 12.1 Å². The molecule has 0 N–H and O–H groups in total. The molecule has 0 saturated carbocycles. The lowest BCUT2D eigenvalue weighted by molar-refractivity contribution is 0.602. The van der Waals surface area contributed by atoms with E-state index < -0.39 is 9.84 Å². The highest BCUT2D eigenvalue weighted by atomic mass is 32.2. The Bertz CT molecular complexity index is 501. The van der Waals surface area contributed by atoms with Crippen molar-refractivity contribution in [2.75, 3.05) is 6.26 Å². The van der Waals surface area contributed by atoms with Crippen LogP contribution in [0.4, 0.5) is 0 Å². The monoisotopic (exact) mass is 250 g/mol. The van der Waals surface area contributed by atoms with Gasteiger partial charge in [0, 0.05) is 19.1 Å². The van der Waals surface area contributed by atoms with Gasteiger partial charge in [0.1, 0.15) is 0 Å². The Morgan fingerprint density at radius 2 is 1.65 bits per heavy atom. The van der Waals surface area contributed by atoms with Crippen molar-refractivity contribution in [3.63, 3.8) is 0 Å². The molecule has 0 bridgehead atoms. The summed E-state index contributed by atoms with van der Waals surface area (Å²) in [4.78, 5) is 0.373. The summed E-state index contributed by atoms with van der Waals surface area (Å²) in [5, 5.41) is 0. The average Bonchev–Trinajstić information content (AvgIpc) is 2.28. The minimum absolute atomic E-state index is 0.373. The summed E-state index contributed by atoms with van der Waals surface area (Å²) >= 11 is 0. The molecule has 1 aromatic carbocycles. The zero-order valence-electron chi connectivity index (χ0n) is 10.4. The summed E-state index contributed by atoms with van der Waals surface area (Å²) < 4.78 is 22.5. The van der Waals surface area contributed by atoms with E-state index in [1.54, 1.807) is 12.1 Å². The Hall–Kier alpha value is -1.27. The molecule has 3 heteroatoms. The first-order valence-electron chi connectivity index (χ1n) is 5.78. The molecule has 0 saturated heterocycles. The molecule has 1 rings (SSSR count). The van der Waals surface area contributed by atoms with Crippen LogP contribution in [0.5, 0.6) is 0 Å². The highest BCUT2D eigenvalue weighted by Gasteiger charge is 2.05. The van der Waals surface area contributed by atoms with Gasteiger partial charge in [-0.25, -0.2) is 8.42 Å². The topological polar surface area (TPSA) is 34.1 Å². The quantitative estimate of drug-likeness (QED) is 0.770. The fourth-order valence-electron chi connectivity index (χ4n) is 1.41. The molecule has 92 valence electrons. The van der Waals surface area contributed by atoms with Crippen LogP contribution >= 0.6 is 0 Å². The Morgan fingerprint density at radius 3 is 2.18 bits per heavy atom. The van der Waals surface area contributed by atoms with Gasteiger partial charge in [-0.2, -0.15) is 0 Å². The highest BCUT2D eigenvalue weighted by molar-refractivity contribution is 7.90. The van der Waals surface area contributed by atoms with Gasteiger partial charge in [-0.05, 0) is 30.5 Å². The third-order valence-electron chi connectivity index (χ3n) is 2.39. The summed E-state index contributed by atoms with van der Waals surface area (Å²) in [5.74, 6) is 6.21. The number of rotatable bonds is 4. The van der Waals surface area contributed by atoms with Crippen LogP contribution in [0, 0.1) is 11.8 Å². The van der Waals surface area contributed by atoms with Crippen LogP contribution in [0.25, 0.3) is 0 Å². The first kappa shape index (κ1) is 13.8. The van der Waals surface area contributed by atoms with Crippen LogP contribution in [0.15, 0.2) is 29.2 Å². The summed E-state index contributed by atoms with van der Waals surface area (Å²) in [5.41, 5.74) is 1.13. The van der Waals surface area contributed by atoms with Crippen molar-refractivity contribution >= 4 is 9.84 Å². The fourth-order valence-corrected chi connectivity index (χ4v) is 2.04. The molecular weight excluding hydrogens is 232 g/mol. The van der Waals surface area contributed by atoms with E-state index in [-0.39, 0.29) is 0 Å². The smallest absolute Gasteiger partial charge is 0.175 e. The molecule has 2 nitrogen and oxygen atoms in total. The second-order valence-electron chi connectivity index (χ2n) is 4.02. The van der Waals surface area contributed by atoms with Crippen molar-refractivity contribution in [1.29, 1.82) is 0 Å². The third kappa shape index (κ3) is 5.06.